The lowest BCUT2D eigenvalue weighted by Gasteiger charge is -2.22. The lowest BCUT2D eigenvalue weighted by Crippen LogP contribution is -2.48. The van der Waals surface area contributed by atoms with Gasteiger partial charge in [-0.25, -0.2) is 4.79 Å². The standard InChI is InChI=1S/C16H22N2O3/c1-4-10-21-16(20)14(11(2)3)18-15(19)13(17)12-8-6-5-7-9-12/h4-9,11,13-14H,1,10,17H2,2-3H3,(H,18,19)/t13-,14-/m0/s1. The van der Waals surface area contributed by atoms with Gasteiger partial charge in [0, 0.05) is 0 Å². The molecule has 5 nitrogen and oxygen atoms in total. The van der Waals surface area contributed by atoms with Crippen LogP contribution in [0, 0.1) is 5.92 Å². The molecule has 0 saturated carbocycles. The zero-order valence-corrected chi connectivity index (χ0v) is 12.4. The van der Waals surface area contributed by atoms with Crippen molar-refractivity contribution in [3.8, 4) is 0 Å². The highest BCUT2D eigenvalue weighted by molar-refractivity contribution is 5.88. The van der Waals surface area contributed by atoms with Crippen LogP contribution in [0.3, 0.4) is 0 Å². The van der Waals surface area contributed by atoms with Crippen LogP contribution in [0.4, 0.5) is 0 Å². The van der Waals surface area contributed by atoms with Gasteiger partial charge in [0.1, 0.15) is 18.7 Å². The Bertz CT molecular complexity index is 486. The number of nitrogens with two attached hydrogens (primary N) is 1. The number of nitrogens with one attached hydrogen (secondary N) is 1. The van der Waals surface area contributed by atoms with Crippen molar-refractivity contribution in [2.75, 3.05) is 6.61 Å². The zero-order chi connectivity index (χ0) is 15.8. The molecule has 1 rings (SSSR count). The smallest absolute Gasteiger partial charge is 0.329 e. The second-order valence-corrected chi connectivity index (χ2v) is 5.04. The molecular formula is C16H22N2O3. The summed E-state index contributed by atoms with van der Waals surface area (Å²) in [4.78, 5) is 24.1. The van der Waals surface area contributed by atoms with Gasteiger partial charge in [-0.05, 0) is 11.5 Å². The summed E-state index contributed by atoms with van der Waals surface area (Å²) >= 11 is 0. The summed E-state index contributed by atoms with van der Waals surface area (Å²) in [6, 6.07) is 7.45. The van der Waals surface area contributed by atoms with Crippen LogP contribution < -0.4 is 11.1 Å². The first kappa shape index (κ1) is 16.9. The van der Waals surface area contributed by atoms with Crippen LogP contribution in [0.2, 0.25) is 0 Å². The van der Waals surface area contributed by atoms with Gasteiger partial charge in [0.15, 0.2) is 0 Å². The molecule has 1 amide bonds. The van der Waals surface area contributed by atoms with Gasteiger partial charge in [-0.15, -0.1) is 0 Å². The zero-order valence-electron chi connectivity index (χ0n) is 12.4. The van der Waals surface area contributed by atoms with Crippen molar-refractivity contribution in [2.45, 2.75) is 25.9 Å². The van der Waals surface area contributed by atoms with Crippen molar-refractivity contribution in [2.24, 2.45) is 11.7 Å². The van der Waals surface area contributed by atoms with Gasteiger partial charge in [0.25, 0.3) is 0 Å². The summed E-state index contributed by atoms with van der Waals surface area (Å²) in [6.45, 7) is 7.25. The molecule has 1 aromatic carbocycles. The van der Waals surface area contributed by atoms with Crippen LogP contribution in [0.1, 0.15) is 25.5 Å². The van der Waals surface area contributed by atoms with Crippen molar-refractivity contribution >= 4 is 11.9 Å². The molecular weight excluding hydrogens is 268 g/mol. The average molecular weight is 290 g/mol. The van der Waals surface area contributed by atoms with Gasteiger partial charge < -0.3 is 15.8 Å². The highest BCUT2D eigenvalue weighted by Gasteiger charge is 2.27. The Morgan fingerprint density at radius 2 is 1.95 bits per heavy atom. The fourth-order valence-corrected chi connectivity index (χ4v) is 1.78. The molecule has 2 atom stereocenters. The monoisotopic (exact) mass is 290 g/mol. The van der Waals surface area contributed by atoms with Gasteiger partial charge in [-0.3, -0.25) is 4.79 Å². The number of carbonyl (C=O) groups is 2. The van der Waals surface area contributed by atoms with E-state index in [4.69, 9.17) is 10.5 Å². The fourth-order valence-electron chi connectivity index (χ4n) is 1.78. The summed E-state index contributed by atoms with van der Waals surface area (Å²) < 4.78 is 4.99. The molecule has 0 saturated heterocycles. The Morgan fingerprint density at radius 1 is 1.33 bits per heavy atom. The third-order valence-electron chi connectivity index (χ3n) is 3.00. The van der Waals surface area contributed by atoms with Gasteiger partial charge in [-0.1, -0.05) is 56.8 Å². The van der Waals surface area contributed by atoms with E-state index in [2.05, 4.69) is 11.9 Å². The number of ether oxygens (including phenoxy) is 1. The molecule has 21 heavy (non-hydrogen) atoms. The molecule has 114 valence electrons. The molecule has 0 radical (unpaired) electrons. The number of amides is 1. The van der Waals surface area contributed by atoms with E-state index in [0.717, 1.165) is 0 Å². The number of hydrogen-bond acceptors (Lipinski definition) is 4. The highest BCUT2D eigenvalue weighted by atomic mass is 16.5. The second-order valence-electron chi connectivity index (χ2n) is 5.04. The van der Waals surface area contributed by atoms with Crippen LogP contribution in [0.15, 0.2) is 43.0 Å². The molecule has 0 unspecified atom stereocenters. The molecule has 5 heteroatoms. The van der Waals surface area contributed by atoms with Gasteiger partial charge >= 0.3 is 5.97 Å². The van der Waals surface area contributed by atoms with Crippen molar-refractivity contribution < 1.29 is 14.3 Å². The molecule has 0 aliphatic heterocycles. The van der Waals surface area contributed by atoms with Crippen LogP contribution in [0.5, 0.6) is 0 Å². The molecule has 1 aromatic rings. The maximum atomic E-state index is 12.2. The number of carbonyl (C=O) groups excluding carboxylic acids is 2. The van der Waals surface area contributed by atoms with E-state index in [1.165, 1.54) is 6.08 Å². The van der Waals surface area contributed by atoms with Crippen molar-refractivity contribution in [1.82, 2.24) is 5.32 Å². The van der Waals surface area contributed by atoms with Crippen LogP contribution in [0.25, 0.3) is 0 Å². The number of benzene rings is 1. The molecule has 0 heterocycles. The second kappa shape index (κ2) is 8.21. The fraction of sp³-hybridized carbons (Fsp3) is 0.375. The average Bonchev–Trinajstić information content (AvgIpc) is 2.49. The summed E-state index contributed by atoms with van der Waals surface area (Å²) in [6.07, 6.45) is 1.48. The van der Waals surface area contributed by atoms with Gasteiger partial charge in [0.05, 0.1) is 0 Å². The molecule has 0 fully saturated rings. The third-order valence-corrected chi connectivity index (χ3v) is 3.00. The minimum atomic E-state index is -0.820. The highest BCUT2D eigenvalue weighted by Crippen LogP contribution is 2.11. The van der Waals surface area contributed by atoms with E-state index < -0.39 is 24.0 Å². The largest absolute Gasteiger partial charge is 0.460 e. The van der Waals surface area contributed by atoms with E-state index in [1.807, 2.05) is 19.9 Å². The Labute approximate surface area is 125 Å². The quantitative estimate of drug-likeness (QED) is 0.590. The van der Waals surface area contributed by atoms with Gasteiger partial charge in [-0.2, -0.15) is 0 Å². The van der Waals surface area contributed by atoms with Crippen molar-refractivity contribution in [1.29, 1.82) is 0 Å². The van der Waals surface area contributed by atoms with Crippen LogP contribution >= 0.6 is 0 Å². The number of esters is 1. The predicted octanol–water partition coefficient (Wildman–Crippen LogP) is 1.56. The lowest BCUT2D eigenvalue weighted by atomic mass is 10.0. The maximum absolute atomic E-state index is 12.2. The Morgan fingerprint density at radius 3 is 2.48 bits per heavy atom. The summed E-state index contributed by atoms with van der Waals surface area (Å²) in [5.41, 5.74) is 6.60. The number of rotatable bonds is 7. The van der Waals surface area contributed by atoms with E-state index in [9.17, 15) is 9.59 Å². The lowest BCUT2D eigenvalue weighted by molar-refractivity contribution is -0.148. The van der Waals surface area contributed by atoms with E-state index in [1.54, 1.807) is 24.3 Å². The Kier molecular flexibility index (Phi) is 6.62. The maximum Gasteiger partial charge on any atom is 0.329 e. The Balaban J connectivity index is 2.72. The summed E-state index contributed by atoms with van der Waals surface area (Å²) in [5, 5.41) is 2.65. The minimum Gasteiger partial charge on any atom is -0.460 e. The first-order valence-corrected chi connectivity index (χ1v) is 6.85. The van der Waals surface area contributed by atoms with Gasteiger partial charge in [0.2, 0.25) is 5.91 Å². The summed E-state index contributed by atoms with van der Waals surface area (Å²) in [5.74, 6) is -0.997. The molecule has 0 aliphatic carbocycles. The molecule has 0 bridgehead atoms. The Hall–Kier alpha value is -2.14. The predicted molar refractivity (Wildman–Crippen MR) is 81.3 cm³/mol. The topological polar surface area (TPSA) is 81.4 Å². The number of hydrogen-bond donors (Lipinski definition) is 2. The van der Waals surface area contributed by atoms with Crippen molar-refractivity contribution in [3.63, 3.8) is 0 Å². The van der Waals surface area contributed by atoms with E-state index in [0.29, 0.717) is 5.56 Å². The van der Waals surface area contributed by atoms with E-state index in [-0.39, 0.29) is 12.5 Å². The molecule has 0 aliphatic rings. The summed E-state index contributed by atoms with van der Waals surface area (Å²) in [7, 11) is 0. The van der Waals surface area contributed by atoms with E-state index >= 15 is 0 Å². The van der Waals surface area contributed by atoms with Crippen LogP contribution in [-0.2, 0) is 14.3 Å². The molecule has 0 spiro atoms. The normalized spacial score (nSPS) is 13.3. The van der Waals surface area contributed by atoms with Crippen LogP contribution in [-0.4, -0.2) is 24.5 Å². The minimum absolute atomic E-state index is 0.103. The SMILES string of the molecule is C=CCOC(=O)[C@@H](NC(=O)[C@@H](N)c1ccccc1)C(C)C. The van der Waals surface area contributed by atoms with Crippen molar-refractivity contribution in [3.05, 3.63) is 48.6 Å². The molecule has 3 N–H and O–H groups in total. The first-order valence-electron chi connectivity index (χ1n) is 6.85. The first-order chi connectivity index (χ1) is 9.97. The third kappa shape index (κ3) is 5.04. The molecule has 0 aromatic heterocycles.